The fourth-order valence-corrected chi connectivity index (χ4v) is 5.61. The second-order valence-corrected chi connectivity index (χ2v) is 10.8. The molecule has 2 fully saturated rings. The number of nitrogens with one attached hydrogen (secondary N) is 2. The molecule has 0 aliphatic carbocycles. The first-order valence-corrected chi connectivity index (χ1v) is 13.1. The number of hydrogen-bond acceptors (Lipinski definition) is 9. The SMILES string of the molecule is CN1CCC(Oc2ccc3cnc(Nc4ccc(S(=O)(=O)C5CNCCO5)cc4)nc3c2)CC1. The lowest BCUT2D eigenvalue weighted by atomic mass is 10.1. The Morgan fingerprint density at radius 1 is 1.15 bits per heavy atom. The Labute approximate surface area is 199 Å². The second kappa shape index (κ2) is 9.83. The van der Waals surface area contributed by atoms with Gasteiger partial charge in [0.2, 0.25) is 15.8 Å². The molecule has 34 heavy (non-hydrogen) atoms. The van der Waals surface area contributed by atoms with E-state index in [9.17, 15) is 8.42 Å². The van der Waals surface area contributed by atoms with Crippen molar-refractivity contribution in [3.63, 3.8) is 0 Å². The van der Waals surface area contributed by atoms with Crippen LogP contribution in [0.5, 0.6) is 5.75 Å². The van der Waals surface area contributed by atoms with Gasteiger partial charge in [-0.3, -0.25) is 0 Å². The third-order valence-electron chi connectivity index (χ3n) is 6.20. The summed E-state index contributed by atoms with van der Waals surface area (Å²) in [4.78, 5) is 11.5. The van der Waals surface area contributed by atoms with Crippen LogP contribution < -0.4 is 15.4 Å². The molecule has 0 bridgehead atoms. The van der Waals surface area contributed by atoms with Crippen LogP contribution in [0.3, 0.4) is 0 Å². The number of rotatable bonds is 6. The zero-order valence-corrected chi connectivity index (χ0v) is 19.9. The molecule has 0 saturated carbocycles. The van der Waals surface area contributed by atoms with Crippen LogP contribution in [-0.4, -0.2) is 74.7 Å². The Bertz CT molecular complexity index is 1240. The predicted octanol–water partition coefficient (Wildman–Crippen LogP) is 2.57. The van der Waals surface area contributed by atoms with Crippen molar-refractivity contribution in [1.29, 1.82) is 0 Å². The fourth-order valence-electron chi connectivity index (χ4n) is 4.18. The van der Waals surface area contributed by atoms with Gasteiger partial charge < -0.3 is 25.0 Å². The van der Waals surface area contributed by atoms with Crippen LogP contribution in [0.1, 0.15) is 12.8 Å². The Morgan fingerprint density at radius 2 is 1.94 bits per heavy atom. The summed E-state index contributed by atoms with van der Waals surface area (Å²) in [6, 6.07) is 12.4. The molecule has 5 rings (SSSR count). The number of anilines is 2. The van der Waals surface area contributed by atoms with E-state index in [1.165, 1.54) is 0 Å². The van der Waals surface area contributed by atoms with E-state index in [4.69, 9.17) is 9.47 Å². The van der Waals surface area contributed by atoms with Crippen molar-refractivity contribution in [3.05, 3.63) is 48.7 Å². The van der Waals surface area contributed by atoms with Gasteiger partial charge in [0, 0.05) is 49.5 Å². The third-order valence-corrected chi connectivity index (χ3v) is 8.13. The smallest absolute Gasteiger partial charge is 0.227 e. The van der Waals surface area contributed by atoms with Crippen LogP contribution in [0.25, 0.3) is 10.9 Å². The van der Waals surface area contributed by atoms with E-state index in [-0.39, 0.29) is 17.5 Å². The standard InChI is InChI=1S/C24H29N5O4S/c1-29-11-8-19(9-12-29)33-20-5-2-17-15-26-24(28-22(17)14-20)27-18-3-6-21(7-4-18)34(30,31)23-16-25-10-13-32-23/h2-7,14-15,19,23,25H,8-13,16H2,1H3,(H,26,27,28). The van der Waals surface area contributed by atoms with Gasteiger partial charge in [-0.15, -0.1) is 0 Å². The van der Waals surface area contributed by atoms with Crippen molar-refractivity contribution in [2.24, 2.45) is 0 Å². The fraction of sp³-hybridized carbons (Fsp3) is 0.417. The molecular weight excluding hydrogens is 454 g/mol. The number of piperidine rings is 1. The number of ether oxygens (including phenoxy) is 2. The minimum Gasteiger partial charge on any atom is -0.490 e. The Balaban J connectivity index is 1.28. The van der Waals surface area contributed by atoms with Crippen molar-refractivity contribution in [3.8, 4) is 5.75 Å². The van der Waals surface area contributed by atoms with E-state index in [0.29, 0.717) is 24.8 Å². The lowest BCUT2D eigenvalue weighted by molar-refractivity contribution is 0.0785. The van der Waals surface area contributed by atoms with E-state index in [1.54, 1.807) is 30.5 Å². The average Bonchev–Trinajstić information content (AvgIpc) is 2.86. The quantitative estimate of drug-likeness (QED) is 0.547. The summed E-state index contributed by atoms with van der Waals surface area (Å²) < 4.78 is 37.2. The number of likely N-dealkylation sites (tertiary alicyclic amines) is 1. The highest BCUT2D eigenvalue weighted by Gasteiger charge is 2.29. The molecular formula is C24H29N5O4S. The largest absolute Gasteiger partial charge is 0.490 e. The van der Waals surface area contributed by atoms with Gasteiger partial charge in [-0.1, -0.05) is 0 Å². The average molecular weight is 484 g/mol. The number of aromatic nitrogens is 2. The number of benzene rings is 2. The zero-order valence-electron chi connectivity index (χ0n) is 19.1. The number of fused-ring (bicyclic) bond motifs is 1. The van der Waals surface area contributed by atoms with Crippen molar-refractivity contribution in [1.82, 2.24) is 20.2 Å². The highest BCUT2D eigenvalue weighted by molar-refractivity contribution is 7.92. The van der Waals surface area contributed by atoms with Crippen molar-refractivity contribution < 1.29 is 17.9 Å². The first-order chi connectivity index (χ1) is 16.5. The first kappa shape index (κ1) is 23.0. The molecule has 0 amide bonds. The van der Waals surface area contributed by atoms with Crippen LogP contribution >= 0.6 is 0 Å². The maximum atomic E-state index is 12.8. The van der Waals surface area contributed by atoms with Crippen LogP contribution in [0.4, 0.5) is 11.6 Å². The molecule has 2 aliphatic rings. The molecule has 0 spiro atoms. The third kappa shape index (κ3) is 5.15. The maximum absolute atomic E-state index is 12.8. The van der Waals surface area contributed by atoms with Gasteiger partial charge in [0.15, 0.2) is 5.44 Å². The van der Waals surface area contributed by atoms with E-state index >= 15 is 0 Å². The molecule has 2 aromatic carbocycles. The lowest BCUT2D eigenvalue weighted by Gasteiger charge is -2.29. The summed E-state index contributed by atoms with van der Waals surface area (Å²) in [6.45, 7) is 3.41. The molecule has 3 aromatic rings. The Hall–Kier alpha value is -2.79. The van der Waals surface area contributed by atoms with Crippen LogP contribution in [0.2, 0.25) is 0 Å². The van der Waals surface area contributed by atoms with Crippen molar-refractivity contribution in [2.75, 3.05) is 45.2 Å². The van der Waals surface area contributed by atoms with Gasteiger partial charge >= 0.3 is 0 Å². The Kier molecular flexibility index (Phi) is 6.64. The zero-order chi connectivity index (χ0) is 23.5. The Morgan fingerprint density at radius 3 is 2.68 bits per heavy atom. The second-order valence-electron chi connectivity index (χ2n) is 8.73. The topological polar surface area (TPSA) is 106 Å². The normalized spacial score (nSPS) is 20.3. The molecule has 2 aliphatic heterocycles. The highest BCUT2D eigenvalue weighted by Crippen LogP contribution is 2.25. The summed E-state index contributed by atoms with van der Waals surface area (Å²) in [7, 11) is -1.43. The van der Waals surface area contributed by atoms with E-state index in [1.807, 2.05) is 18.2 Å². The summed E-state index contributed by atoms with van der Waals surface area (Å²) in [6.07, 6.45) is 4.01. The van der Waals surface area contributed by atoms with Crippen LogP contribution in [0.15, 0.2) is 53.6 Å². The molecule has 10 heteroatoms. The molecule has 1 unspecified atom stereocenters. The first-order valence-electron chi connectivity index (χ1n) is 11.5. The highest BCUT2D eigenvalue weighted by atomic mass is 32.2. The number of morpholine rings is 1. The van der Waals surface area contributed by atoms with Gasteiger partial charge in [-0.2, -0.15) is 0 Å². The summed E-state index contributed by atoms with van der Waals surface area (Å²) in [5.41, 5.74) is 0.610. The van der Waals surface area contributed by atoms with Crippen molar-refractivity contribution in [2.45, 2.75) is 29.3 Å². The molecule has 2 saturated heterocycles. The molecule has 2 N–H and O–H groups in total. The van der Waals surface area contributed by atoms with Crippen LogP contribution in [-0.2, 0) is 14.6 Å². The maximum Gasteiger partial charge on any atom is 0.227 e. The molecule has 9 nitrogen and oxygen atoms in total. The molecule has 1 atom stereocenters. The van der Waals surface area contributed by atoms with E-state index < -0.39 is 15.3 Å². The van der Waals surface area contributed by atoms with E-state index in [0.717, 1.165) is 42.6 Å². The minimum atomic E-state index is -3.56. The summed E-state index contributed by atoms with van der Waals surface area (Å²) in [5.74, 6) is 1.24. The van der Waals surface area contributed by atoms with Gasteiger partial charge in [-0.05, 0) is 56.3 Å². The van der Waals surface area contributed by atoms with Gasteiger partial charge in [0.1, 0.15) is 11.9 Å². The molecule has 3 heterocycles. The van der Waals surface area contributed by atoms with E-state index in [2.05, 4.69) is 32.5 Å². The molecule has 1 aromatic heterocycles. The van der Waals surface area contributed by atoms with Gasteiger partial charge in [-0.25, -0.2) is 18.4 Å². The molecule has 180 valence electrons. The predicted molar refractivity (Wildman–Crippen MR) is 130 cm³/mol. The number of sulfone groups is 1. The minimum absolute atomic E-state index is 0.220. The summed E-state index contributed by atoms with van der Waals surface area (Å²) in [5, 5.41) is 7.13. The summed E-state index contributed by atoms with van der Waals surface area (Å²) >= 11 is 0. The van der Waals surface area contributed by atoms with Gasteiger partial charge in [0.05, 0.1) is 17.0 Å². The van der Waals surface area contributed by atoms with Crippen molar-refractivity contribution >= 4 is 32.4 Å². The monoisotopic (exact) mass is 483 g/mol. The van der Waals surface area contributed by atoms with Crippen LogP contribution in [0, 0.1) is 0 Å². The lowest BCUT2D eigenvalue weighted by Crippen LogP contribution is -2.42. The van der Waals surface area contributed by atoms with Gasteiger partial charge in [0.25, 0.3) is 0 Å². The number of nitrogens with zero attached hydrogens (tertiary/aromatic N) is 3. The molecule has 0 radical (unpaired) electrons. The number of hydrogen-bond donors (Lipinski definition) is 2.